The third-order valence-electron chi connectivity index (χ3n) is 5.87. The standard InChI is InChI=1S/C21H26N2OS/c1-17-7-12-25-19(17)15-22-10-8-21(9-11-22)13-20(24)23(16-21)14-18-5-3-2-4-6-18/h2-7,12H,8-11,13-16H2,1H3. The topological polar surface area (TPSA) is 23.6 Å². The molecule has 0 atom stereocenters. The summed E-state index contributed by atoms with van der Waals surface area (Å²) in [5.74, 6) is 0.339. The molecule has 0 radical (unpaired) electrons. The molecule has 1 aromatic carbocycles. The van der Waals surface area contributed by atoms with Crippen molar-refractivity contribution in [1.82, 2.24) is 9.80 Å². The Kier molecular flexibility index (Phi) is 4.65. The van der Waals surface area contributed by atoms with Crippen LogP contribution in [-0.4, -0.2) is 35.3 Å². The number of aryl methyl sites for hydroxylation is 1. The molecule has 132 valence electrons. The molecule has 0 aliphatic carbocycles. The Morgan fingerprint density at radius 2 is 1.84 bits per heavy atom. The number of hydrogen-bond acceptors (Lipinski definition) is 3. The van der Waals surface area contributed by atoms with Gasteiger partial charge in [-0.1, -0.05) is 30.3 Å². The van der Waals surface area contributed by atoms with E-state index in [9.17, 15) is 4.79 Å². The maximum absolute atomic E-state index is 12.5. The van der Waals surface area contributed by atoms with Crippen molar-refractivity contribution in [3.8, 4) is 0 Å². The van der Waals surface area contributed by atoms with Crippen molar-refractivity contribution >= 4 is 17.2 Å². The van der Waals surface area contributed by atoms with E-state index >= 15 is 0 Å². The van der Waals surface area contributed by atoms with Crippen molar-refractivity contribution in [3.05, 3.63) is 57.8 Å². The van der Waals surface area contributed by atoms with E-state index in [1.807, 2.05) is 17.4 Å². The van der Waals surface area contributed by atoms with E-state index in [-0.39, 0.29) is 5.41 Å². The summed E-state index contributed by atoms with van der Waals surface area (Å²) in [5.41, 5.74) is 2.86. The maximum Gasteiger partial charge on any atom is 0.223 e. The Morgan fingerprint density at radius 3 is 2.52 bits per heavy atom. The molecular weight excluding hydrogens is 328 g/mol. The molecule has 2 aromatic rings. The predicted octanol–water partition coefficient (Wildman–Crippen LogP) is 4.07. The molecule has 3 heterocycles. The van der Waals surface area contributed by atoms with Crippen LogP contribution < -0.4 is 0 Å². The van der Waals surface area contributed by atoms with Crippen LogP contribution in [0, 0.1) is 12.3 Å². The monoisotopic (exact) mass is 354 g/mol. The molecule has 0 unspecified atom stereocenters. The average molecular weight is 355 g/mol. The average Bonchev–Trinajstić information content (AvgIpc) is 3.15. The van der Waals surface area contributed by atoms with Gasteiger partial charge in [0.2, 0.25) is 5.91 Å². The molecule has 25 heavy (non-hydrogen) atoms. The molecule has 3 nitrogen and oxygen atoms in total. The van der Waals surface area contributed by atoms with Crippen LogP contribution in [0.15, 0.2) is 41.8 Å². The molecule has 1 spiro atoms. The van der Waals surface area contributed by atoms with Gasteiger partial charge < -0.3 is 4.90 Å². The second-order valence-electron chi connectivity index (χ2n) is 7.72. The zero-order chi connectivity index (χ0) is 17.3. The predicted molar refractivity (Wildman–Crippen MR) is 102 cm³/mol. The molecule has 0 saturated carbocycles. The van der Waals surface area contributed by atoms with Gasteiger partial charge in [-0.2, -0.15) is 0 Å². The summed E-state index contributed by atoms with van der Waals surface area (Å²) in [5, 5.41) is 2.19. The van der Waals surface area contributed by atoms with Crippen molar-refractivity contribution in [2.75, 3.05) is 19.6 Å². The Bertz CT molecular complexity index is 731. The third kappa shape index (κ3) is 3.65. The minimum Gasteiger partial charge on any atom is -0.338 e. The van der Waals surface area contributed by atoms with Crippen molar-refractivity contribution in [1.29, 1.82) is 0 Å². The summed E-state index contributed by atoms with van der Waals surface area (Å²) in [6.45, 7) is 7.20. The van der Waals surface area contributed by atoms with Gasteiger partial charge in [0.05, 0.1) is 0 Å². The molecule has 0 N–H and O–H groups in total. The molecule has 2 aliphatic rings. The van der Waals surface area contributed by atoms with Crippen molar-refractivity contribution in [3.63, 3.8) is 0 Å². The van der Waals surface area contributed by atoms with Gasteiger partial charge in [-0.25, -0.2) is 0 Å². The second-order valence-corrected chi connectivity index (χ2v) is 8.72. The summed E-state index contributed by atoms with van der Waals surface area (Å²) in [6, 6.07) is 12.6. The van der Waals surface area contributed by atoms with Gasteiger partial charge in [0.25, 0.3) is 0 Å². The number of carbonyl (C=O) groups excluding carboxylic acids is 1. The minimum atomic E-state index is 0.215. The first-order valence-corrected chi connectivity index (χ1v) is 10.1. The van der Waals surface area contributed by atoms with E-state index in [4.69, 9.17) is 0 Å². The lowest BCUT2D eigenvalue weighted by Crippen LogP contribution is -2.41. The molecule has 1 aromatic heterocycles. The van der Waals surface area contributed by atoms with Gasteiger partial charge in [-0.15, -0.1) is 11.3 Å². The fourth-order valence-corrected chi connectivity index (χ4v) is 5.17. The van der Waals surface area contributed by atoms with Gasteiger partial charge in [-0.05, 0) is 60.8 Å². The van der Waals surface area contributed by atoms with Crippen molar-refractivity contribution in [2.45, 2.75) is 39.3 Å². The van der Waals surface area contributed by atoms with E-state index in [1.54, 1.807) is 0 Å². The zero-order valence-corrected chi connectivity index (χ0v) is 15.7. The van der Waals surface area contributed by atoms with E-state index in [0.29, 0.717) is 5.91 Å². The lowest BCUT2D eigenvalue weighted by molar-refractivity contribution is -0.128. The lowest BCUT2D eigenvalue weighted by Gasteiger charge is -2.38. The number of thiophene rings is 1. The minimum absolute atomic E-state index is 0.215. The highest BCUT2D eigenvalue weighted by molar-refractivity contribution is 7.10. The smallest absolute Gasteiger partial charge is 0.223 e. The van der Waals surface area contributed by atoms with Crippen LogP contribution in [-0.2, 0) is 17.9 Å². The molecule has 1 amide bonds. The highest BCUT2D eigenvalue weighted by atomic mass is 32.1. The number of piperidine rings is 1. The first-order chi connectivity index (χ1) is 12.1. The summed E-state index contributed by atoms with van der Waals surface area (Å²) in [4.78, 5) is 18.7. The number of amides is 1. The first-order valence-electron chi connectivity index (χ1n) is 9.21. The molecule has 2 fully saturated rings. The number of rotatable bonds is 4. The van der Waals surface area contributed by atoms with Gasteiger partial charge in [0, 0.05) is 30.9 Å². The van der Waals surface area contributed by atoms with Gasteiger partial charge in [-0.3, -0.25) is 9.69 Å². The van der Waals surface area contributed by atoms with Crippen LogP contribution in [0.2, 0.25) is 0 Å². The Balaban J connectivity index is 1.35. The van der Waals surface area contributed by atoms with Crippen molar-refractivity contribution in [2.24, 2.45) is 5.41 Å². The van der Waals surface area contributed by atoms with Gasteiger partial charge >= 0.3 is 0 Å². The quantitative estimate of drug-likeness (QED) is 0.826. The zero-order valence-electron chi connectivity index (χ0n) is 14.9. The summed E-state index contributed by atoms with van der Waals surface area (Å²) in [7, 11) is 0. The van der Waals surface area contributed by atoms with Gasteiger partial charge in [0.1, 0.15) is 0 Å². The maximum atomic E-state index is 12.5. The number of nitrogens with zero attached hydrogens (tertiary/aromatic N) is 2. The third-order valence-corrected chi connectivity index (χ3v) is 6.88. The molecule has 4 heteroatoms. The largest absolute Gasteiger partial charge is 0.338 e. The van der Waals surface area contributed by atoms with Crippen LogP contribution in [0.4, 0.5) is 0 Å². The second kappa shape index (κ2) is 6.93. The molecular formula is C21H26N2OS. The van der Waals surface area contributed by atoms with E-state index in [0.717, 1.165) is 52.0 Å². The van der Waals surface area contributed by atoms with Crippen LogP contribution in [0.1, 0.15) is 35.3 Å². The van der Waals surface area contributed by atoms with Gasteiger partial charge in [0.15, 0.2) is 0 Å². The van der Waals surface area contributed by atoms with Crippen LogP contribution in [0.3, 0.4) is 0 Å². The lowest BCUT2D eigenvalue weighted by atomic mass is 9.77. The van der Waals surface area contributed by atoms with E-state index in [2.05, 4.69) is 52.4 Å². The Hall–Kier alpha value is -1.65. The summed E-state index contributed by atoms with van der Waals surface area (Å²) >= 11 is 1.86. The highest BCUT2D eigenvalue weighted by Gasteiger charge is 2.44. The SMILES string of the molecule is Cc1ccsc1CN1CCC2(CC1)CC(=O)N(Cc1ccccc1)C2. The number of carbonyl (C=O) groups is 1. The normalized spacial score (nSPS) is 20.5. The number of benzene rings is 1. The number of likely N-dealkylation sites (tertiary alicyclic amines) is 2. The fraction of sp³-hybridized carbons (Fsp3) is 0.476. The van der Waals surface area contributed by atoms with Crippen LogP contribution >= 0.6 is 11.3 Å². The highest BCUT2D eigenvalue weighted by Crippen LogP contribution is 2.41. The van der Waals surface area contributed by atoms with Crippen LogP contribution in [0.25, 0.3) is 0 Å². The fourth-order valence-electron chi connectivity index (χ4n) is 4.22. The number of hydrogen-bond donors (Lipinski definition) is 0. The van der Waals surface area contributed by atoms with E-state index in [1.165, 1.54) is 16.0 Å². The Morgan fingerprint density at radius 1 is 1.08 bits per heavy atom. The molecule has 2 aliphatic heterocycles. The van der Waals surface area contributed by atoms with Crippen molar-refractivity contribution < 1.29 is 4.79 Å². The van der Waals surface area contributed by atoms with E-state index < -0.39 is 0 Å². The van der Waals surface area contributed by atoms with Crippen LogP contribution in [0.5, 0.6) is 0 Å². The summed E-state index contributed by atoms with van der Waals surface area (Å²) < 4.78 is 0. The first kappa shape index (κ1) is 16.8. The molecule has 4 rings (SSSR count). The Labute approximate surface area is 154 Å². The molecule has 2 saturated heterocycles. The molecule has 0 bridgehead atoms. The summed E-state index contributed by atoms with van der Waals surface area (Å²) in [6.07, 6.45) is 3.04.